The second kappa shape index (κ2) is 13.6. The van der Waals surface area contributed by atoms with E-state index >= 15 is 0 Å². The number of nitrogens with one attached hydrogen (secondary N) is 1. The molecule has 0 bridgehead atoms. The van der Waals surface area contributed by atoms with Crippen molar-refractivity contribution in [1.29, 1.82) is 0 Å². The van der Waals surface area contributed by atoms with Crippen molar-refractivity contribution in [2.45, 2.75) is 78.9 Å². The molecule has 2 amide bonds. The Morgan fingerprint density at radius 3 is 2.19 bits per heavy atom. The molecule has 0 aliphatic heterocycles. The van der Waals surface area contributed by atoms with Crippen LogP contribution in [0.5, 0.6) is 0 Å². The molecule has 0 aliphatic carbocycles. The molecule has 204 valence electrons. The third-order valence-electron chi connectivity index (χ3n) is 6.58. The molecule has 2 rings (SSSR count). The molecule has 2 unspecified atom stereocenters. The van der Waals surface area contributed by atoms with E-state index in [0.717, 1.165) is 23.8 Å². The van der Waals surface area contributed by atoms with E-state index in [1.165, 1.54) is 21.3 Å². The molecule has 0 saturated carbocycles. The number of nitrogens with zero attached hydrogens (tertiary/aromatic N) is 2. The summed E-state index contributed by atoms with van der Waals surface area (Å²) < 4.78 is 39.8. The van der Waals surface area contributed by atoms with Gasteiger partial charge in [-0.15, -0.1) is 0 Å². The Morgan fingerprint density at radius 2 is 1.65 bits per heavy atom. The zero-order valence-corrected chi connectivity index (χ0v) is 23.6. The molecule has 0 spiro atoms. The molecule has 0 aromatic heterocycles. The smallest absolute Gasteiger partial charge is 0.243 e. The minimum Gasteiger partial charge on any atom is -0.352 e. The first kappa shape index (κ1) is 30.3. The van der Waals surface area contributed by atoms with Gasteiger partial charge in [0, 0.05) is 25.6 Å². The number of halogens is 1. The van der Waals surface area contributed by atoms with Gasteiger partial charge in [-0.2, -0.15) is 0 Å². The van der Waals surface area contributed by atoms with E-state index in [-0.39, 0.29) is 49.6 Å². The van der Waals surface area contributed by atoms with Crippen LogP contribution in [-0.4, -0.2) is 50.0 Å². The number of carbonyl (C=O) groups is 2. The fourth-order valence-corrected chi connectivity index (χ4v) is 4.99. The Bertz CT molecular complexity index is 1170. The van der Waals surface area contributed by atoms with Crippen LogP contribution in [0.1, 0.15) is 63.1 Å². The maximum atomic E-state index is 13.4. The van der Waals surface area contributed by atoms with Gasteiger partial charge in [-0.05, 0) is 81.0 Å². The van der Waals surface area contributed by atoms with Crippen molar-refractivity contribution < 1.29 is 22.4 Å². The van der Waals surface area contributed by atoms with E-state index in [1.807, 2.05) is 46.8 Å². The van der Waals surface area contributed by atoms with Gasteiger partial charge in [-0.25, -0.2) is 12.8 Å². The number of rotatable bonds is 13. The molecule has 2 atom stereocenters. The maximum Gasteiger partial charge on any atom is 0.243 e. The van der Waals surface area contributed by atoms with E-state index in [1.54, 1.807) is 18.2 Å². The van der Waals surface area contributed by atoms with E-state index in [4.69, 9.17) is 0 Å². The minimum absolute atomic E-state index is 0.0365. The predicted molar refractivity (Wildman–Crippen MR) is 146 cm³/mol. The number of amides is 2. The van der Waals surface area contributed by atoms with Gasteiger partial charge in [-0.3, -0.25) is 13.9 Å². The average molecular weight is 534 g/mol. The van der Waals surface area contributed by atoms with Crippen LogP contribution in [0.3, 0.4) is 0 Å². The molecule has 1 N–H and O–H groups in total. The van der Waals surface area contributed by atoms with Gasteiger partial charge < -0.3 is 10.2 Å². The molecule has 0 fully saturated rings. The fraction of sp³-hybridized carbons (Fsp3) is 0.500. The lowest BCUT2D eigenvalue weighted by Gasteiger charge is -2.32. The van der Waals surface area contributed by atoms with Crippen molar-refractivity contribution in [1.82, 2.24) is 10.2 Å². The van der Waals surface area contributed by atoms with Crippen LogP contribution in [0.25, 0.3) is 0 Å². The third-order valence-corrected chi connectivity index (χ3v) is 7.78. The van der Waals surface area contributed by atoms with Crippen LogP contribution in [0.4, 0.5) is 10.1 Å². The number of anilines is 1. The van der Waals surface area contributed by atoms with Crippen LogP contribution in [0.15, 0.2) is 42.5 Å². The molecule has 2 aromatic rings. The van der Waals surface area contributed by atoms with Gasteiger partial charge in [0.2, 0.25) is 21.8 Å². The number of sulfonamides is 1. The van der Waals surface area contributed by atoms with E-state index in [9.17, 15) is 22.4 Å². The van der Waals surface area contributed by atoms with E-state index < -0.39 is 16.1 Å². The molecule has 9 heteroatoms. The molecule has 2 aromatic carbocycles. The van der Waals surface area contributed by atoms with Crippen molar-refractivity contribution in [3.63, 3.8) is 0 Å². The first-order valence-electron chi connectivity index (χ1n) is 12.8. The summed E-state index contributed by atoms with van der Waals surface area (Å²) in [5.74, 6) is -0.875. The largest absolute Gasteiger partial charge is 0.352 e. The van der Waals surface area contributed by atoms with Crippen LogP contribution in [-0.2, 0) is 26.2 Å². The first-order chi connectivity index (χ1) is 17.4. The average Bonchev–Trinajstić information content (AvgIpc) is 2.83. The first-order valence-corrected chi connectivity index (χ1v) is 14.6. The highest BCUT2D eigenvalue weighted by atomic mass is 32.2. The number of benzene rings is 2. The van der Waals surface area contributed by atoms with Gasteiger partial charge in [0.25, 0.3) is 0 Å². The SMILES string of the molecule is CCC(C)NC(=O)C(CC)N(Cc1ccc(F)cc1)C(=O)CCCN(c1ccc(C)c(C)c1)S(C)(=O)=O. The molecule has 0 aliphatic rings. The lowest BCUT2D eigenvalue weighted by Crippen LogP contribution is -2.50. The summed E-state index contributed by atoms with van der Waals surface area (Å²) in [4.78, 5) is 28.0. The summed E-state index contributed by atoms with van der Waals surface area (Å²) in [5.41, 5.74) is 3.30. The van der Waals surface area contributed by atoms with E-state index in [0.29, 0.717) is 17.7 Å². The Kier molecular flexibility index (Phi) is 11.1. The van der Waals surface area contributed by atoms with Gasteiger partial charge in [0.1, 0.15) is 11.9 Å². The van der Waals surface area contributed by atoms with E-state index in [2.05, 4.69) is 5.32 Å². The summed E-state index contributed by atoms with van der Waals surface area (Å²) in [6.45, 7) is 9.88. The van der Waals surface area contributed by atoms with Gasteiger partial charge in [0.05, 0.1) is 11.9 Å². The normalized spacial score (nSPS) is 13.1. The van der Waals surface area contributed by atoms with Crippen molar-refractivity contribution in [2.75, 3.05) is 17.1 Å². The molecule has 0 heterocycles. The zero-order valence-electron chi connectivity index (χ0n) is 22.8. The lowest BCUT2D eigenvalue weighted by atomic mass is 10.1. The minimum atomic E-state index is -3.56. The maximum absolute atomic E-state index is 13.4. The molecule has 0 radical (unpaired) electrons. The fourth-order valence-electron chi connectivity index (χ4n) is 4.03. The Hall–Kier alpha value is -2.94. The van der Waals surface area contributed by atoms with Crippen molar-refractivity contribution in [2.24, 2.45) is 0 Å². The van der Waals surface area contributed by atoms with Crippen LogP contribution < -0.4 is 9.62 Å². The second-order valence-electron chi connectivity index (χ2n) is 9.60. The molecular formula is C28H40FN3O4S. The predicted octanol–water partition coefficient (Wildman–Crippen LogP) is 4.71. The van der Waals surface area contributed by atoms with Crippen molar-refractivity contribution in [3.8, 4) is 0 Å². The third kappa shape index (κ3) is 8.84. The molecule has 7 nitrogen and oxygen atoms in total. The summed E-state index contributed by atoms with van der Waals surface area (Å²) in [6, 6.07) is 10.6. The zero-order chi connectivity index (χ0) is 27.8. The summed E-state index contributed by atoms with van der Waals surface area (Å²) in [7, 11) is -3.56. The molecular weight excluding hydrogens is 493 g/mol. The highest BCUT2D eigenvalue weighted by Crippen LogP contribution is 2.22. The molecule has 0 saturated heterocycles. The van der Waals surface area contributed by atoms with Gasteiger partial charge >= 0.3 is 0 Å². The summed E-state index contributed by atoms with van der Waals surface area (Å²) in [5, 5.41) is 2.96. The topological polar surface area (TPSA) is 86.8 Å². The molecule has 37 heavy (non-hydrogen) atoms. The van der Waals surface area contributed by atoms with Crippen LogP contribution in [0, 0.1) is 19.7 Å². The van der Waals surface area contributed by atoms with Crippen LogP contribution in [0.2, 0.25) is 0 Å². The number of carbonyl (C=O) groups excluding carboxylic acids is 2. The number of hydrogen-bond donors (Lipinski definition) is 1. The van der Waals surface area contributed by atoms with Gasteiger partial charge in [-0.1, -0.05) is 32.0 Å². The lowest BCUT2D eigenvalue weighted by molar-refractivity contribution is -0.141. The highest BCUT2D eigenvalue weighted by Gasteiger charge is 2.29. The van der Waals surface area contributed by atoms with Crippen LogP contribution >= 0.6 is 0 Å². The summed E-state index contributed by atoms with van der Waals surface area (Å²) in [6.07, 6.45) is 2.66. The highest BCUT2D eigenvalue weighted by molar-refractivity contribution is 7.92. The Labute approximate surface area is 221 Å². The number of aryl methyl sites for hydroxylation is 2. The Balaban J connectivity index is 2.23. The number of hydrogen-bond acceptors (Lipinski definition) is 4. The second-order valence-corrected chi connectivity index (χ2v) is 11.5. The monoisotopic (exact) mass is 533 g/mol. The van der Waals surface area contributed by atoms with Crippen molar-refractivity contribution >= 4 is 27.5 Å². The summed E-state index contributed by atoms with van der Waals surface area (Å²) >= 11 is 0. The Morgan fingerprint density at radius 1 is 1.00 bits per heavy atom. The standard InChI is InChI=1S/C28H40FN3O4S/c1-7-22(5)30-28(34)26(8-2)31(19-23-12-14-24(29)15-13-23)27(33)10-9-17-32(37(6,35)36)25-16-11-20(3)21(4)18-25/h11-16,18,22,26H,7-10,17,19H2,1-6H3,(H,30,34). The van der Waals surface area contributed by atoms with Gasteiger partial charge in [0.15, 0.2) is 0 Å². The van der Waals surface area contributed by atoms with Crippen molar-refractivity contribution in [3.05, 3.63) is 65.0 Å². The quantitative estimate of drug-likeness (QED) is 0.404.